The lowest BCUT2D eigenvalue weighted by molar-refractivity contribution is 0.414. The molecular weight excluding hydrogens is 274 g/mol. The third-order valence-corrected chi connectivity index (χ3v) is 4.26. The van der Waals surface area contributed by atoms with Crippen molar-refractivity contribution in [3.05, 3.63) is 47.4 Å². The van der Waals surface area contributed by atoms with Gasteiger partial charge >= 0.3 is 0 Å². The van der Waals surface area contributed by atoms with Crippen molar-refractivity contribution in [3.63, 3.8) is 0 Å². The number of likely N-dealkylation sites (N-methyl/N-ethyl adjacent to an activating group) is 1. The van der Waals surface area contributed by atoms with Crippen molar-refractivity contribution in [1.82, 2.24) is 20.1 Å². The fourth-order valence-corrected chi connectivity index (χ4v) is 2.96. The molecule has 5 heteroatoms. The minimum atomic E-state index is 0.170. The molecule has 1 aromatic carbocycles. The van der Waals surface area contributed by atoms with E-state index < -0.39 is 0 Å². The van der Waals surface area contributed by atoms with Crippen LogP contribution in [-0.4, -0.2) is 46.3 Å². The Kier molecular flexibility index (Phi) is 4.34. The number of rotatable bonds is 4. The molecule has 0 spiro atoms. The van der Waals surface area contributed by atoms with E-state index in [4.69, 9.17) is 0 Å². The van der Waals surface area contributed by atoms with Crippen LogP contribution in [-0.2, 0) is 0 Å². The second-order valence-electron chi connectivity index (χ2n) is 6.12. The maximum absolute atomic E-state index is 4.60. The summed E-state index contributed by atoms with van der Waals surface area (Å²) in [7, 11) is 2.15. The van der Waals surface area contributed by atoms with Crippen molar-refractivity contribution in [2.75, 3.05) is 25.5 Å². The zero-order valence-corrected chi connectivity index (χ0v) is 13.5. The molecule has 0 bridgehead atoms. The van der Waals surface area contributed by atoms with Gasteiger partial charge in [-0.15, -0.1) is 10.2 Å². The monoisotopic (exact) mass is 297 g/mol. The highest BCUT2D eigenvalue weighted by Gasteiger charge is 2.23. The summed E-state index contributed by atoms with van der Waals surface area (Å²) >= 11 is 0. The summed E-state index contributed by atoms with van der Waals surface area (Å²) in [5.74, 6) is 1.76. The summed E-state index contributed by atoms with van der Waals surface area (Å²) in [5, 5.41) is 12.2. The first-order valence-corrected chi connectivity index (χ1v) is 7.84. The molecule has 116 valence electrons. The standard InChI is InChI=1S/C17H23N5/c1-12(14-7-5-4-6-8-14)16-17(18-13(2)20-21-16)19-15-9-10-22(3)11-15/h4-8,12,15H,9-11H2,1-3H3,(H,18,19,20)/t12-,15?/m0/s1. The highest BCUT2D eigenvalue weighted by molar-refractivity contribution is 5.46. The molecule has 1 aliphatic heterocycles. The molecule has 3 rings (SSSR count). The van der Waals surface area contributed by atoms with E-state index in [0.717, 1.165) is 31.0 Å². The number of hydrogen-bond donors (Lipinski definition) is 1. The molecule has 0 saturated carbocycles. The number of aryl methyl sites for hydroxylation is 1. The van der Waals surface area contributed by atoms with Crippen LogP contribution < -0.4 is 5.32 Å². The Labute approximate surface area is 131 Å². The van der Waals surface area contributed by atoms with E-state index in [1.807, 2.05) is 13.0 Å². The molecule has 1 aliphatic rings. The third kappa shape index (κ3) is 3.25. The smallest absolute Gasteiger partial charge is 0.152 e. The fraction of sp³-hybridized carbons (Fsp3) is 0.471. The number of benzene rings is 1. The van der Waals surface area contributed by atoms with Crippen molar-refractivity contribution >= 4 is 5.82 Å². The zero-order valence-electron chi connectivity index (χ0n) is 13.5. The van der Waals surface area contributed by atoms with Crippen molar-refractivity contribution in [3.8, 4) is 0 Å². The predicted molar refractivity (Wildman–Crippen MR) is 88.0 cm³/mol. The molecule has 22 heavy (non-hydrogen) atoms. The number of nitrogens with one attached hydrogen (secondary N) is 1. The van der Waals surface area contributed by atoms with Crippen LogP contribution in [0.2, 0.25) is 0 Å². The Morgan fingerprint density at radius 2 is 2.00 bits per heavy atom. The number of hydrogen-bond acceptors (Lipinski definition) is 5. The van der Waals surface area contributed by atoms with Gasteiger partial charge in [-0.1, -0.05) is 37.3 Å². The molecule has 2 atom stereocenters. The van der Waals surface area contributed by atoms with Gasteiger partial charge in [-0.2, -0.15) is 0 Å². The normalized spacial score (nSPS) is 20.0. The molecule has 2 heterocycles. The first kappa shape index (κ1) is 14.9. The van der Waals surface area contributed by atoms with Crippen LogP contribution in [0.3, 0.4) is 0 Å². The van der Waals surface area contributed by atoms with Crippen LogP contribution in [0.1, 0.15) is 36.3 Å². The van der Waals surface area contributed by atoms with Gasteiger partial charge in [0.15, 0.2) is 5.82 Å². The van der Waals surface area contributed by atoms with Crippen LogP contribution in [0.15, 0.2) is 30.3 Å². The van der Waals surface area contributed by atoms with E-state index in [0.29, 0.717) is 11.9 Å². The minimum Gasteiger partial charge on any atom is -0.364 e. The highest BCUT2D eigenvalue weighted by Crippen LogP contribution is 2.27. The van der Waals surface area contributed by atoms with E-state index >= 15 is 0 Å². The van der Waals surface area contributed by atoms with Gasteiger partial charge in [0, 0.05) is 18.5 Å². The van der Waals surface area contributed by atoms with E-state index in [1.54, 1.807) is 0 Å². The molecule has 1 saturated heterocycles. The van der Waals surface area contributed by atoms with Gasteiger partial charge in [0.25, 0.3) is 0 Å². The van der Waals surface area contributed by atoms with Crippen LogP contribution in [0.25, 0.3) is 0 Å². The maximum Gasteiger partial charge on any atom is 0.152 e. The lowest BCUT2D eigenvalue weighted by Gasteiger charge is -2.19. The van der Waals surface area contributed by atoms with Crippen molar-refractivity contribution < 1.29 is 0 Å². The average molecular weight is 297 g/mol. The predicted octanol–water partition coefficient (Wildman–Crippen LogP) is 2.45. The lowest BCUT2D eigenvalue weighted by atomic mass is 9.97. The number of nitrogens with zero attached hydrogens (tertiary/aromatic N) is 4. The van der Waals surface area contributed by atoms with Gasteiger partial charge < -0.3 is 10.2 Å². The average Bonchev–Trinajstić information content (AvgIpc) is 2.93. The summed E-state index contributed by atoms with van der Waals surface area (Å²) in [6, 6.07) is 10.8. The summed E-state index contributed by atoms with van der Waals surface area (Å²) in [6.07, 6.45) is 1.14. The topological polar surface area (TPSA) is 53.9 Å². The molecule has 2 aromatic rings. The van der Waals surface area contributed by atoms with Gasteiger partial charge in [0.1, 0.15) is 11.5 Å². The molecule has 1 aromatic heterocycles. The molecule has 5 nitrogen and oxygen atoms in total. The summed E-state index contributed by atoms with van der Waals surface area (Å²) in [6.45, 7) is 6.21. The van der Waals surface area contributed by atoms with Crippen LogP contribution in [0.4, 0.5) is 5.82 Å². The number of likely N-dealkylation sites (tertiary alicyclic amines) is 1. The molecule has 0 radical (unpaired) electrons. The van der Waals surface area contributed by atoms with Gasteiger partial charge in [-0.25, -0.2) is 4.98 Å². The molecule has 1 unspecified atom stereocenters. The Hall–Kier alpha value is -2.01. The maximum atomic E-state index is 4.60. The molecular formula is C17H23N5. The number of anilines is 1. The third-order valence-electron chi connectivity index (χ3n) is 4.26. The summed E-state index contributed by atoms with van der Waals surface area (Å²) in [4.78, 5) is 6.94. The Balaban J connectivity index is 1.87. The number of aromatic nitrogens is 3. The first-order valence-electron chi connectivity index (χ1n) is 7.84. The SMILES string of the molecule is Cc1nnc([C@@H](C)c2ccccc2)c(NC2CCN(C)C2)n1. The molecule has 0 aliphatic carbocycles. The van der Waals surface area contributed by atoms with E-state index in [1.165, 1.54) is 5.56 Å². The van der Waals surface area contributed by atoms with Gasteiger partial charge in [-0.3, -0.25) is 0 Å². The van der Waals surface area contributed by atoms with Crippen LogP contribution >= 0.6 is 0 Å². The molecule has 1 N–H and O–H groups in total. The van der Waals surface area contributed by atoms with E-state index in [2.05, 4.69) is 63.6 Å². The Bertz CT molecular complexity index is 628. The minimum absolute atomic E-state index is 0.170. The van der Waals surface area contributed by atoms with Crippen molar-refractivity contribution in [1.29, 1.82) is 0 Å². The Morgan fingerprint density at radius 1 is 1.23 bits per heavy atom. The van der Waals surface area contributed by atoms with Crippen molar-refractivity contribution in [2.24, 2.45) is 0 Å². The van der Waals surface area contributed by atoms with Gasteiger partial charge in [0.05, 0.1) is 0 Å². The molecule has 0 amide bonds. The van der Waals surface area contributed by atoms with Gasteiger partial charge in [-0.05, 0) is 32.5 Å². The summed E-state index contributed by atoms with van der Waals surface area (Å²) in [5.41, 5.74) is 2.15. The van der Waals surface area contributed by atoms with Crippen LogP contribution in [0.5, 0.6) is 0 Å². The Morgan fingerprint density at radius 3 is 2.68 bits per heavy atom. The zero-order chi connectivity index (χ0) is 15.5. The summed E-state index contributed by atoms with van der Waals surface area (Å²) < 4.78 is 0. The quantitative estimate of drug-likeness (QED) is 0.939. The van der Waals surface area contributed by atoms with Gasteiger partial charge in [0.2, 0.25) is 0 Å². The van der Waals surface area contributed by atoms with Crippen LogP contribution in [0, 0.1) is 6.92 Å². The molecule has 1 fully saturated rings. The second-order valence-corrected chi connectivity index (χ2v) is 6.12. The van der Waals surface area contributed by atoms with E-state index in [9.17, 15) is 0 Å². The second kappa shape index (κ2) is 6.40. The lowest BCUT2D eigenvalue weighted by Crippen LogP contribution is -2.25. The van der Waals surface area contributed by atoms with E-state index in [-0.39, 0.29) is 5.92 Å². The van der Waals surface area contributed by atoms with Crippen molar-refractivity contribution in [2.45, 2.75) is 32.2 Å². The first-order chi connectivity index (χ1) is 10.6. The highest BCUT2D eigenvalue weighted by atomic mass is 15.2. The fourth-order valence-electron chi connectivity index (χ4n) is 2.96. The largest absolute Gasteiger partial charge is 0.364 e.